The van der Waals surface area contributed by atoms with Gasteiger partial charge < -0.3 is 10.6 Å². The summed E-state index contributed by atoms with van der Waals surface area (Å²) >= 11 is 0. The molecule has 4 heteroatoms. The summed E-state index contributed by atoms with van der Waals surface area (Å²) in [5.74, 6) is 0.611. The molecule has 1 saturated heterocycles. The molecule has 2 N–H and O–H groups in total. The molecule has 1 aromatic heterocycles. The Balaban J connectivity index is 2.14. The summed E-state index contributed by atoms with van der Waals surface area (Å²) < 4.78 is 0. The van der Waals surface area contributed by atoms with Crippen LogP contribution in [0.15, 0.2) is 18.3 Å². The van der Waals surface area contributed by atoms with Crippen LogP contribution in [0.5, 0.6) is 0 Å². The van der Waals surface area contributed by atoms with Gasteiger partial charge >= 0.3 is 0 Å². The van der Waals surface area contributed by atoms with Crippen molar-refractivity contribution < 1.29 is 0 Å². The van der Waals surface area contributed by atoms with Crippen LogP contribution in [0.1, 0.15) is 19.0 Å². The van der Waals surface area contributed by atoms with Crippen molar-refractivity contribution in [2.75, 3.05) is 18.0 Å². The molecule has 0 spiro atoms. The maximum atomic E-state index is 8.68. The first-order chi connectivity index (χ1) is 7.69. The third-order valence-corrected chi connectivity index (χ3v) is 2.92. The zero-order valence-electron chi connectivity index (χ0n) is 9.43. The second kappa shape index (κ2) is 4.50. The summed E-state index contributed by atoms with van der Waals surface area (Å²) in [6.07, 6.45) is 2.84. The van der Waals surface area contributed by atoms with E-state index in [-0.39, 0.29) is 6.04 Å². The highest BCUT2D eigenvalue weighted by Crippen LogP contribution is 2.21. The van der Waals surface area contributed by atoms with E-state index in [1.54, 1.807) is 12.3 Å². The molecule has 0 radical (unpaired) electrons. The molecular weight excluding hydrogens is 200 g/mol. The minimum absolute atomic E-state index is 0.236. The van der Waals surface area contributed by atoms with Gasteiger partial charge in [-0.1, -0.05) is 6.92 Å². The molecule has 0 amide bonds. The van der Waals surface area contributed by atoms with Gasteiger partial charge in [-0.3, -0.25) is 0 Å². The van der Waals surface area contributed by atoms with Gasteiger partial charge in [0.1, 0.15) is 11.8 Å². The molecule has 0 aromatic carbocycles. The monoisotopic (exact) mass is 216 g/mol. The number of rotatable bonds is 1. The highest BCUT2D eigenvalue weighted by Gasteiger charge is 2.22. The summed E-state index contributed by atoms with van der Waals surface area (Å²) in [6.45, 7) is 4.10. The number of nitrogens with two attached hydrogens (primary N) is 1. The fourth-order valence-electron chi connectivity index (χ4n) is 2.25. The molecule has 84 valence electrons. The molecule has 1 aliphatic heterocycles. The standard InChI is InChI=1S/C12H16N4/c1-9-4-10(14)8-16(7-9)12-3-2-11(5-13)15-6-12/h2-3,6,9-10H,4,7-8,14H2,1H3. The van der Waals surface area contributed by atoms with Gasteiger partial charge in [0.2, 0.25) is 0 Å². The number of nitriles is 1. The van der Waals surface area contributed by atoms with Crippen molar-refractivity contribution in [1.29, 1.82) is 5.26 Å². The number of anilines is 1. The summed E-state index contributed by atoms with van der Waals surface area (Å²) in [7, 11) is 0. The van der Waals surface area contributed by atoms with E-state index >= 15 is 0 Å². The van der Waals surface area contributed by atoms with Crippen molar-refractivity contribution in [1.82, 2.24) is 4.98 Å². The van der Waals surface area contributed by atoms with Crippen LogP contribution in [0.25, 0.3) is 0 Å². The Hall–Kier alpha value is -1.60. The largest absolute Gasteiger partial charge is 0.368 e. The lowest BCUT2D eigenvalue weighted by Crippen LogP contribution is -2.46. The lowest BCUT2D eigenvalue weighted by atomic mass is 9.96. The van der Waals surface area contributed by atoms with E-state index in [0.29, 0.717) is 11.6 Å². The topological polar surface area (TPSA) is 65.9 Å². The molecule has 2 heterocycles. The zero-order chi connectivity index (χ0) is 11.5. The van der Waals surface area contributed by atoms with E-state index in [4.69, 9.17) is 11.0 Å². The van der Waals surface area contributed by atoms with Crippen LogP contribution in [0, 0.1) is 17.2 Å². The zero-order valence-corrected chi connectivity index (χ0v) is 9.43. The van der Waals surface area contributed by atoms with Gasteiger partial charge in [0, 0.05) is 19.1 Å². The highest BCUT2D eigenvalue weighted by molar-refractivity contribution is 5.46. The van der Waals surface area contributed by atoms with E-state index in [1.165, 1.54) is 0 Å². The Morgan fingerprint density at radius 2 is 2.31 bits per heavy atom. The molecule has 16 heavy (non-hydrogen) atoms. The lowest BCUT2D eigenvalue weighted by Gasteiger charge is -2.36. The maximum absolute atomic E-state index is 8.68. The van der Waals surface area contributed by atoms with Crippen LogP contribution in [0.4, 0.5) is 5.69 Å². The summed E-state index contributed by atoms with van der Waals surface area (Å²) in [4.78, 5) is 6.32. The van der Waals surface area contributed by atoms with Crippen molar-refractivity contribution >= 4 is 5.69 Å². The van der Waals surface area contributed by atoms with Crippen molar-refractivity contribution in [3.63, 3.8) is 0 Å². The van der Waals surface area contributed by atoms with Crippen molar-refractivity contribution in [2.45, 2.75) is 19.4 Å². The summed E-state index contributed by atoms with van der Waals surface area (Å²) in [5.41, 5.74) is 7.51. The van der Waals surface area contributed by atoms with E-state index in [0.717, 1.165) is 25.2 Å². The predicted molar refractivity (Wildman–Crippen MR) is 62.9 cm³/mol. The Bertz CT molecular complexity index is 382. The molecule has 4 nitrogen and oxygen atoms in total. The molecule has 0 aliphatic carbocycles. The molecule has 0 saturated carbocycles. The Morgan fingerprint density at radius 1 is 1.50 bits per heavy atom. The third-order valence-electron chi connectivity index (χ3n) is 2.92. The number of aromatic nitrogens is 1. The van der Waals surface area contributed by atoms with Crippen LogP contribution in [-0.2, 0) is 0 Å². The number of piperidine rings is 1. The molecular formula is C12H16N4. The van der Waals surface area contributed by atoms with Gasteiger partial charge in [0.25, 0.3) is 0 Å². The van der Waals surface area contributed by atoms with Gasteiger partial charge in [0.15, 0.2) is 0 Å². The van der Waals surface area contributed by atoms with Gasteiger partial charge in [-0.05, 0) is 24.5 Å². The van der Waals surface area contributed by atoms with E-state index in [2.05, 4.69) is 16.8 Å². The van der Waals surface area contributed by atoms with Gasteiger partial charge in [0.05, 0.1) is 11.9 Å². The molecule has 2 rings (SSSR count). The molecule has 1 fully saturated rings. The quantitative estimate of drug-likeness (QED) is 0.764. The smallest absolute Gasteiger partial charge is 0.140 e. The van der Waals surface area contributed by atoms with Crippen LogP contribution >= 0.6 is 0 Å². The van der Waals surface area contributed by atoms with Gasteiger partial charge in [-0.25, -0.2) is 4.98 Å². The normalized spacial score (nSPS) is 25.2. The SMILES string of the molecule is CC1CC(N)CN(c2ccc(C#N)nc2)C1. The van der Waals surface area contributed by atoms with E-state index in [1.807, 2.05) is 12.1 Å². The van der Waals surface area contributed by atoms with Crippen LogP contribution in [0.2, 0.25) is 0 Å². The Morgan fingerprint density at radius 3 is 2.88 bits per heavy atom. The average molecular weight is 216 g/mol. The maximum Gasteiger partial charge on any atom is 0.140 e. The number of hydrogen-bond donors (Lipinski definition) is 1. The lowest BCUT2D eigenvalue weighted by molar-refractivity contribution is 0.401. The van der Waals surface area contributed by atoms with Crippen LogP contribution < -0.4 is 10.6 Å². The van der Waals surface area contributed by atoms with Crippen molar-refractivity contribution in [2.24, 2.45) is 11.7 Å². The van der Waals surface area contributed by atoms with E-state index in [9.17, 15) is 0 Å². The van der Waals surface area contributed by atoms with E-state index < -0.39 is 0 Å². The van der Waals surface area contributed by atoms with Crippen molar-refractivity contribution in [3.05, 3.63) is 24.0 Å². The minimum atomic E-state index is 0.236. The third kappa shape index (κ3) is 2.31. The minimum Gasteiger partial charge on any atom is -0.368 e. The number of nitrogens with zero attached hydrogens (tertiary/aromatic N) is 3. The van der Waals surface area contributed by atoms with Crippen LogP contribution in [-0.4, -0.2) is 24.1 Å². The van der Waals surface area contributed by atoms with Gasteiger partial charge in [-0.15, -0.1) is 0 Å². The molecule has 0 bridgehead atoms. The molecule has 1 aliphatic rings. The molecule has 2 atom stereocenters. The average Bonchev–Trinajstić information content (AvgIpc) is 2.28. The number of hydrogen-bond acceptors (Lipinski definition) is 4. The molecule has 1 aromatic rings. The highest BCUT2D eigenvalue weighted by atomic mass is 15.2. The first-order valence-electron chi connectivity index (χ1n) is 5.55. The van der Waals surface area contributed by atoms with Crippen molar-refractivity contribution in [3.8, 4) is 6.07 Å². The predicted octanol–water partition coefficient (Wildman–Crippen LogP) is 1.13. The van der Waals surface area contributed by atoms with Gasteiger partial charge in [-0.2, -0.15) is 5.26 Å². The fraction of sp³-hybridized carbons (Fsp3) is 0.500. The Kier molecular flexibility index (Phi) is 3.07. The second-order valence-corrected chi connectivity index (χ2v) is 4.52. The first-order valence-corrected chi connectivity index (χ1v) is 5.55. The number of pyridine rings is 1. The second-order valence-electron chi connectivity index (χ2n) is 4.52. The van der Waals surface area contributed by atoms with Crippen LogP contribution in [0.3, 0.4) is 0 Å². The fourth-order valence-corrected chi connectivity index (χ4v) is 2.25. The molecule has 2 unspecified atom stereocenters. The summed E-state index contributed by atoms with van der Waals surface area (Å²) in [5, 5.41) is 8.68. The summed E-state index contributed by atoms with van der Waals surface area (Å²) in [6, 6.07) is 5.95. The Labute approximate surface area is 95.7 Å². The first kappa shape index (κ1) is 10.9.